The van der Waals surface area contributed by atoms with Gasteiger partial charge in [0.25, 0.3) is 5.91 Å². The first-order valence-electron chi connectivity index (χ1n) is 6.38. The number of benzene rings is 1. The molecule has 0 bridgehead atoms. The number of halogens is 1. The van der Waals surface area contributed by atoms with Crippen LogP contribution in [0.2, 0.25) is 5.02 Å². The summed E-state index contributed by atoms with van der Waals surface area (Å²) in [6.07, 6.45) is 1.56. The Kier molecular flexibility index (Phi) is 3.32. The van der Waals surface area contributed by atoms with Gasteiger partial charge in [0.2, 0.25) is 0 Å². The van der Waals surface area contributed by atoms with Crippen molar-refractivity contribution in [2.45, 2.75) is 13.1 Å². The van der Waals surface area contributed by atoms with Gasteiger partial charge in [-0.1, -0.05) is 35.9 Å². The van der Waals surface area contributed by atoms with E-state index < -0.39 is 0 Å². The summed E-state index contributed by atoms with van der Waals surface area (Å²) in [6, 6.07) is 9.75. The molecular formula is C15H14ClN3O. The molecule has 1 N–H and O–H groups in total. The Morgan fingerprint density at radius 3 is 2.50 bits per heavy atom. The minimum atomic E-state index is -0.0433. The molecule has 2 heterocycles. The van der Waals surface area contributed by atoms with Crippen LogP contribution in [0.1, 0.15) is 21.5 Å². The number of aromatic nitrogens is 1. The van der Waals surface area contributed by atoms with Crippen molar-refractivity contribution >= 4 is 23.3 Å². The maximum absolute atomic E-state index is 12.5. The van der Waals surface area contributed by atoms with Gasteiger partial charge in [0.1, 0.15) is 5.82 Å². The zero-order valence-electron chi connectivity index (χ0n) is 11.1. The molecule has 1 aromatic heterocycles. The fourth-order valence-corrected chi connectivity index (χ4v) is 2.66. The minimum Gasteiger partial charge on any atom is -0.372 e. The van der Waals surface area contributed by atoms with Crippen molar-refractivity contribution in [3.05, 3.63) is 58.2 Å². The number of rotatable bonds is 2. The molecule has 4 nitrogen and oxygen atoms in total. The molecule has 0 saturated heterocycles. The Morgan fingerprint density at radius 1 is 1.30 bits per heavy atom. The van der Waals surface area contributed by atoms with Gasteiger partial charge in [-0.05, 0) is 17.2 Å². The monoisotopic (exact) mass is 287 g/mol. The SMILES string of the molecule is CNc1ncc(C(=O)N2Cc3ccccc3C2)cc1Cl. The summed E-state index contributed by atoms with van der Waals surface area (Å²) >= 11 is 6.07. The highest BCUT2D eigenvalue weighted by Crippen LogP contribution is 2.25. The zero-order valence-corrected chi connectivity index (χ0v) is 11.8. The molecule has 1 aliphatic rings. The summed E-state index contributed by atoms with van der Waals surface area (Å²) in [5, 5.41) is 3.33. The number of amides is 1. The van der Waals surface area contributed by atoms with E-state index in [0.717, 1.165) is 0 Å². The van der Waals surface area contributed by atoms with Gasteiger partial charge in [-0.3, -0.25) is 4.79 Å². The van der Waals surface area contributed by atoms with Crippen LogP contribution in [0.15, 0.2) is 36.5 Å². The van der Waals surface area contributed by atoms with E-state index in [1.54, 1.807) is 24.2 Å². The molecule has 0 fully saturated rings. The highest BCUT2D eigenvalue weighted by atomic mass is 35.5. The fraction of sp³-hybridized carbons (Fsp3) is 0.200. The summed E-state index contributed by atoms with van der Waals surface area (Å²) in [5.74, 6) is 0.533. The van der Waals surface area contributed by atoms with E-state index in [4.69, 9.17) is 11.6 Å². The number of nitrogens with one attached hydrogen (secondary N) is 1. The van der Waals surface area contributed by atoms with Crippen molar-refractivity contribution in [2.24, 2.45) is 0 Å². The van der Waals surface area contributed by atoms with Crippen molar-refractivity contribution < 1.29 is 4.79 Å². The van der Waals surface area contributed by atoms with Crippen LogP contribution in [0.4, 0.5) is 5.82 Å². The Balaban J connectivity index is 1.83. The third-order valence-corrected chi connectivity index (χ3v) is 3.74. The minimum absolute atomic E-state index is 0.0433. The Hall–Kier alpha value is -2.07. The summed E-state index contributed by atoms with van der Waals surface area (Å²) in [5.41, 5.74) is 2.92. The third-order valence-electron chi connectivity index (χ3n) is 3.45. The van der Waals surface area contributed by atoms with Gasteiger partial charge in [-0.2, -0.15) is 0 Å². The van der Waals surface area contributed by atoms with Crippen LogP contribution in [0.25, 0.3) is 0 Å². The third kappa shape index (κ3) is 2.23. The number of anilines is 1. The summed E-state index contributed by atoms with van der Waals surface area (Å²) in [7, 11) is 1.74. The number of nitrogens with zero attached hydrogens (tertiary/aromatic N) is 2. The average molecular weight is 288 g/mol. The van der Waals surface area contributed by atoms with Gasteiger partial charge in [-0.25, -0.2) is 4.98 Å². The van der Waals surface area contributed by atoms with Crippen molar-refractivity contribution in [1.82, 2.24) is 9.88 Å². The van der Waals surface area contributed by atoms with Gasteiger partial charge in [0.15, 0.2) is 0 Å². The molecule has 0 atom stereocenters. The van der Waals surface area contributed by atoms with Gasteiger partial charge < -0.3 is 10.2 Å². The number of carbonyl (C=O) groups excluding carboxylic acids is 1. The van der Waals surface area contributed by atoms with Gasteiger partial charge >= 0.3 is 0 Å². The van der Waals surface area contributed by atoms with Crippen molar-refractivity contribution in [2.75, 3.05) is 12.4 Å². The molecule has 5 heteroatoms. The molecular weight excluding hydrogens is 274 g/mol. The molecule has 20 heavy (non-hydrogen) atoms. The number of fused-ring (bicyclic) bond motifs is 1. The topological polar surface area (TPSA) is 45.2 Å². The number of pyridine rings is 1. The molecule has 1 amide bonds. The van der Waals surface area contributed by atoms with Crippen molar-refractivity contribution in [3.63, 3.8) is 0 Å². The molecule has 0 saturated carbocycles. The predicted octanol–water partition coefficient (Wildman–Crippen LogP) is 2.93. The molecule has 3 rings (SSSR count). The first-order chi connectivity index (χ1) is 9.69. The molecule has 0 radical (unpaired) electrons. The molecule has 102 valence electrons. The zero-order chi connectivity index (χ0) is 14.1. The fourth-order valence-electron chi connectivity index (χ4n) is 2.40. The second kappa shape index (κ2) is 5.13. The standard InChI is InChI=1S/C15H14ClN3O/c1-17-14-13(16)6-12(7-18-14)15(20)19-8-10-4-2-3-5-11(10)9-19/h2-7H,8-9H2,1H3,(H,17,18). The van der Waals surface area contributed by atoms with Crippen molar-refractivity contribution in [1.29, 1.82) is 0 Å². The lowest BCUT2D eigenvalue weighted by atomic mass is 10.1. The van der Waals surface area contributed by atoms with E-state index >= 15 is 0 Å². The van der Waals surface area contributed by atoms with Crippen LogP contribution < -0.4 is 5.32 Å². The first kappa shape index (κ1) is 12.9. The van der Waals surface area contributed by atoms with Crippen LogP contribution in [0, 0.1) is 0 Å². The normalized spacial score (nSPS) is 13.2. The van der Waals surface area contributed by atoms with Crippen LogP contribution in [-0.4, -0.2) is 22.8 Å². The van der Waals surface area contributed by atoms with E-state index in [1.807, 2.05) is 12.1 Å². The van der Waals surface area contributed by atoms with E-state index in [2.05, 4.69) is 22.4 Å². The first-order valence-corrected chi connectivity index (χ1v) is 6.76. The Morgan fingerprint density at radius 2 is 1.95 bits per heavy atom. The quantitative estimate of drug-likeness (QED) is 0.924. The highest BCUT2D eigenvalue weighted by molar-refractivity contribution is 6.33. The van der Waals surface area contributed by atoms with E-state index in [1.165, 1.54) is 11.1 Å². The van der Waals surface area contributed by atoms with Gasteiger partial charge in [-0.15, -0.1) is 0 Å². The predicted molar refractivity (Wildman–Crippen MR) is 78.8 cm³/mol. The van der Waals surface area contributed by atoms with Crippen LogP contribution in [0.3, 0.4) is 0 Å². The summed E-state index contributed by atoms with van der Waals surface area (Å²) in [4.78, 5) is 18.4. The lowest BCUT2D eigenvalue weighted by Gasteiger charge is -2.15. The van der Waals surface area contributed by atoms with Crippen LogP contribution in [-0.2, 0) is 13.1 Å². The number of hydrogen-bond donors (Lipinski definition) is 1. The average Bonchev–Trinajstić information content (AvgIpc) is 2.90. The molecule has 0 aliphatic carbocycles. The number of hydrogen-bond acceptors (Lipinski definition) is 3. The van der Waals surface area contributed by atoms with Crippen LogP contribution in [0.5, 0.6) is 0 Å². The Bertz CT molecular complexity index is 647. The molecule has 1 aromatic carbocycles. The largest absolute Gasteiger partial charge is 0.372 e. The van der Waals surface area contributed by atoms with Gasteiger partial charge in [0, 0.05) is 26.3 Å². The van der Waals surface area contributed by atoms with Crippen LogP contribution >= 0.6 is 11.6 Å². The Labute approximate surface area is 122 Å². The second-order valence-electron chi connectivity index (χ2n) is 4.73. The molecule has 2 aromatic rings. The summed E-state index contributed by atoms with van der Waals surface area (Å²) < 4.78 is 0. The summed E-state index contributed by atoms with van der Waals surface area (Å²) in [6.45, 7) is 1.28. The lowest BCUT2D eigenvalue weighted by Crippen LogP contribution is -2.25. The second-order valence-corrected chi connectivity index (χ2v) is 5.14. The smallest absolute Gasteiger partial charge is 0.256 e. The van der Waals surface area contributed by atoms with E-state index in [-0.39, 0.29) is 5.91 Å². The lowest BCUT2D eigenvalue weighted by molar-refractivity contribution is 0.0751. The van der Waals surface area contributed by atoms with Crippen molar-refractivity contribution in [3.8, 4) is 0 Å². The van der Waals surface area contributed by atoms with E-state index in [9.17, 15) is 4.79 Å². The maximum atomic E-state index is 12.5. The number of carbonyl (C=O) groups is 1. The molecule has 0 unspecified atom stereocenters. The van der Waals surface area contributed by atoms with E-state index in [0.29, 0.717) is 29.5 Å². The maximum Gasteiger partial charge on any atom is 0.256 e. The molecule has 1 aliphatic heterocycles. The van der Waals surface area contributed by atoms with Gasteiger partial charge in [0.05, 0.1) is 10.6 Å². The highest BCUT2D eigenvalue weighted by Gasteiger charge is 2.24. The molecule has 0 spiro atoms.